The minimum Gasteiger partial charge on any atom is -0.349 e. The monoisotopic (exact) mass is 636 g/mol. The molecule has 1 aliphatic rings. The molecule has 1 aliphatic heterocycles. The van der Waals surface area contributed by atoms with Crippen molar-refractivity contribution in [2.24, 2.45) is 0 Å². The highest BCUT2D eigenvalue weighted by Crippen LogP contribution is 2.28. The summed E-state index contributed by atoms with van der Waals surface area (Å²) in [6.07, 6.45) is 1.46. The lowest BCUT2D eigenvalue weighted by Gasteiger charge is -2.24. The van der Waals surface area contributed by atoms with Crippen LogP contribution in [0.2, 0.25) is 0 Å². The van der Waals surface area contributed by atoms with Gasteiger partial charge in [0.2, 0.25) is 11.8 Å². The number of aryl methyl sites for hydroxylation is 1. The zero-order chi connectivity index (χ0) is 30.1. The van der Waals surface area contributed by atoms with Crippen LogP contribution in [0.25, 0.3) is 22.0 Å². The zero-order valence-electron chi connectivity index (χ0n) is 22.8. The van der Waals surface area contributed by atoms with E-state index >= 15 is 4.39 Å². The van der Waals surface area contributed by atoms with Crippen LogP contribution < -0.4 is 10.6 Å². The number of alkyl halides is 1. The highest BCUT2D eigenvalue weighted by molar-refractivity contribution is 9.10. The van der Waals surface area contributed by atoms with E-state index < -0.39 is 36.0 Å². The number of benzene rings is 1. The van der Waals surface area contributed by atoms with Gasteiger partial charge in [0, 0.05) is 43.7 Å². The molecule has 4 aromatic rings. The van der Waals surface area contributed by atoms with Crippen LogP contribution in [0.5, 0.6) is 0 Å². The van der Waals surface area contributed by atoms with Crippen LogP contribution in [0, 0.1) is 6.92 Å². The zero-order valence-corrected chi connectivity index (χ0v) is 24.4. The second-order valence-electron chi connectivity index (χ2n) is 9.89. The van der Waals surface area contributed by atoms with Crippen molar-refractivity contribution in [2.45, 2.75) is 45.6 Å². The van der Waals surface area contributed by atoms with Gasteiger partial charge in [-0.15, -0.1) is 0 Å². The highest BCUT2D eigenvalue weighted by atomic mass is 79.9. The molecule has 1 saturated heterocycles. The molecule has 0 spiro atoms. The van der Waals surface area contributed by atoms with Crippen molar-refractivity contribution in [1.82, 2.24) is 34.9 Å². The molecule has 12 nitrogen and oxygen atoms in total. The smallest absolute Gasteiger partial charge is 0.251 e. The van der Waals surface area contributed by atoms with E-state index in [0.717, 1.165) is 16.0 Å². The quantitative estimate of drug-likeness (QED) is 0.232. The lowest BCUT2D eigenvalue weighted by atomic mass is 10.0. The number of nitrogens with one attached hydrogen (secondary N) is 2. The first-order valence-electron chi connectivity index (χ1n) is 13.0. The van der Waals surface area contributed by atoms with Crippen molar-refractivity contribution in [1.29, 1.82) is 0 Å². The molecule has 14 heteroatoms. The van der Waals surface area contributed by atoms with Crippen LogP contribution in [0.1, 0.15) is 30.2 Å². The number of ketones is 1. The summed E-state index contributed by atoms with van der Waals surface area (Å²) >= 11 is 3.22. The number of pyridine rings is 1. The summed E-state index contributed by atoms with van der Waals surface area (Å²) in [5, 5.41) is 9.94. The largest absolute Gasteiger partial charge is 0.349 e. The predicted octanol–water partition coefficient (Wildman–Crippen LogP) is 2.85. The molecule has 4 heterocycles. The van der Waals surface area contributed by atoms with Crippen molar-refractivity contribution in [3.05, 3.63) is 64.9 Å². The Morgan fingerprint density at radius 3 is 2.48 bits per heavy atom. The molecule has 216 valence electrons. The van der Waals surface area contributed by atoms with E-state index in [1.807, 2.05) is 0 Å². The van der Waals surface area contributed by atoms with Gasteiger partial charge in [-0.05, 0) is 52.7 Å². The number of hydrogen-bond donors (Lipinski definition) is 2. The molecule has 0 bridgehead atoms. The highest BCUT2D eigenvalue weighted by Gasteiger charge is 2.49. The number of carbonyl (C=O) groups is 4. The van der Waals surface area contributed by atoms with Gasteiger partial charge in [0.15, 0.2) is 12.0 Å². The van der Waals surface area contributed by atoms with Crippen LogP contribution in [0.4, 0.5) is 10.2 Å². The standard InChI is InChI=1S/C28H26BrFN8O4/c1-14(39)26-19-9-17(18-10-31-15(2)32-11-18)7-8-21(19)38(36-26)13-24(41)37-12-20(33-16(3)40)25(30)27(37)28(42)35-23-6-4-5-22(29)34-23/h4-11,20,25,27H,12-13H2,1-3H3,(H,33,40)(H,34,35,42)/t20-,25+,27?/m1/s1. The third-order valence-electron chi connectivity index (χ3n) is 6.84. The number of nitrogens with zero attached hydrogens (tertiary/aromatic N) is 6. The average Bonchev–Trinajstić information content (AvgIpc) is 3.46. The molecular weight excluding hydrogens is 611 g/mol. The number of hydrogen-bond acceptors (Lipinski definition) is 8. The third-order valence-corrected chi connectivity index (χ3v) is 7.28. The summed E-state index contributed by atoms with van der Waals surface area (Å²) in [6, 6.07) is 7.48. The number of aromatic nitrogens is 5. The van der Waals surface area contributed by atoms with Crippen molar-refractivity contribution < 1.29 is 23.6 Å². The molecule has 1 aromatic carbocycles. The molecule has 3 amide bonds. The Morgan fingerprint density at radius 1 is 1.07 bits per heavy atom. The van der Waals surface area contributed by atoms with Crippen molar-refractivity contribution >= 4 is 56.2 Å². The minimum absolute atomic E-state index is 0.156. The Morgan fingerprint density at radius 2 is 1.81 bits per heavy atom. The van der Waals surface area contributed by atoms with Crippen molar-refractivity contribution in [3.8, 4) is 11.1 Å². The molecule has 3 atom stereocenters. The Labute approximate surface area is 247 Å². The first-order chi connectivity index (χ1) is 20.0. The van der Waals surface area contributed by atoms with Gasteiger partial charge in [0.25, 0.3) is 5.91 Å². The number of anilines is 1. The summed E-state index contributed by atoms with van der Waals surface area (Å²) in [5.41, 5.74) is 2.15. The minimum atomic E-state index is -1.88. The van der Waals surface area contributed by atoms with E-state index in [1.54, 1.807) is 49.6 Å². The Balaban J connectivity index is 1.45. The fourth-order valence-electron chi connectivity index (χ4n) is 4.93. The van der Waals surface area contributed by atoms with Gasteiger partial charge >= 0.3 is 0 Å². The molecule has 1 unspecified atom stereocenters. The van der Waals surface area contributed by atoms with Crippen LogP contribution in [-0.4, -0.2) is 77.9 Å². The Bertz CT molecular complexity index is 1710. The van der Waals surface area contributed by atoms with Gasteiger partial charge in [-0.1, -0.05) is 12.1 Å². The van der Waals surface area contributed by atoms with Crippen molar-refractivity contribution in [3.63, 3.8) is 0 Å². The second-order valence-corrected chi connectivity index (χ2v) is 10.7. The van der Waals surface area contributed by atoms with Gasteiger partial charge in [-0.3, -0.25) is 23.9 Å². The van der Waals surface area contributed by atoms with Crippen LogP contribution >= 0.6 is 15.9 Å². The third kappa shape index (κ3) is 5.88. The summed E-state index contributed by atoms with van der Waals surface area (Å²) in [5.74, 6) is -1.44. The summed E-state index contributed by atoms with van der Waals surface area (Å²) in [4.78, 5) is 64.7. The number of amides is 3. The number of rotatable bonds is 7. The van der Waals surface area contributed by atoms with Crippen LogP contribution in [-0.2, 0) is 20.9 Å². The molecule has 3 aromatic heterocycles. The fraction of sp³-hybridized carbons (Fsp3) is 0.286. The van der Waals surface area contributed by atoms with Crippen LogP contribution in [0.15, 0.2) is 53.4 Å². The first kappa shape index (κ1) is 28.9. The van der Waals surface area contributed by atoms with E-state index in [2.05, 4.69) is 46.6 Å². The second kappa shape index (κ2) is 11.7. The van der Waals surface area contributed by atoms with E-state index in [4.69, 9.17) is 0 Å². The number of halogens is 2. The summed E-state index contributed by atoms with van der Waals surface area (Å²) < 4.78 is 17.4. The SMILES string of the molecule is CC(=O)N[C@@H]1CN(C(=O)Cn2nc(C(C)=O)c3cc(-c4cnc(C)nc4)ccc32)C(C(=O)Nc2cccc(Br)n2)[C@H]1F. The van der Waals surface area contributed by atoms with E-state index in [1.165, 1.54) is 24.6 Å². The summed E-state index contributed by atoms with van der Waals surface area (Å²) in [6.45, 7) is 3.76. The van der Waals surface area contributed by atoms with E-state index in [-0.39, 0.29) is 30.4 Å². The van der Waals surface area contributed by atoms with E-state index in [9.17, 15) is 19.2 Å². The molecule has 0 radical (unpaired) electrons. The number of likely N-dealkylation sites (tertiary alicyclic amines) is 1. The van der Waals surface area contributed by atoms with Gasteiger partial charge in [0.05, 0.1) is 11.6 Å². The van der Waals surface area contributed by atoms with E-state index in [0.29, 0.717) is 21.3 Å². The maximum Gasteiger partial charge on any atom is 0.251 e. The van der Waals surface area contributed by atoms with Crippen molar-refractivity contribution in [2.75, 3.05) is 11.9 Å². The first-order valence-corrected chi connectivity index (χ1v) is 13.8. The number of carbonyl (C=O) groups excluding carboxylic acids is 4. The predicted molar refractivity (Wildman–Crippen MR) is 154 cm³/mol. The molecular formula is C28H26BrFN8O4. The van der Waals surface area contributed by atoms with Gasteiger partial charge < -0.3 is 15.5 Å². The maximum atomic E-state index is 15.6. The van der Waals surface area contributed by atoms with Crippen LogP contribution in [0.3, 0.4) is 0 Å². The topological polar surface area (TPSA) is 152 Å². The molecule has 2 N–H and O–H groups in total. The van der Waals surface area contributed by atoms with Gasteiger partial charge in [-0.2, -0.15) is 5.10 Å². The maximum absolute atomic E-state index is 15.6. The van der Waals surface area contributed by atoms with Gasteiger partial charge in [-0.25, -0.2) is 19.3 Å². The fourth-order valence-corrected chi connectivity index (χ4v) is 5.27. The molecule has 5 rings (SSSR count). The Hall–Kier alpha value is -4.59. The summed E-state index contributed by atoms with van der Waals surface area (Å²) in [7, 11) is 0. The lowest BCUT2D eigenvalue weighted by molar-refractivity contribution is -0.138. The van der Waals surface area contributed by atoms with Gasteiger partial charge in [0.1, 0.15) is 34.5 Å². The average molecular weight is 637 g/mol. The molecule has 1 fully saturated rings. The molecule has 42 heavy (non-hydrogen) atoms. The Kier molecular flexibility index (Phi) is 8.07. The normalized spacial score (nSPS) is 18.2. The number of fused-ring (bicyclic) bond motifs is 1. The number of Topliss-reactive ketones (excluding diaryl/α,β-unsaturated/α-hetero) is 1. The molecule has 0 saturated carbocycles. The lowest BCUT2D eigenvalue weighted by Crippen LogP contribution is -2.48. The molecule has 0 aliphatic carbocycles.